The van der Waals surface area contributed by atoms with Gasteiger partial charge in [-0.2, -0.15) is 0 Å². The van der Waals surface area contributed by atoms with Crippen molar-refractivity contribution in [1.82, 2.24) is 9.80 Å². The molecule has 0 unspecified atom stereocenters. The number of amides is 2. The van der Waals surface area contributed by atoms with E-state index in [1.807, 2.05) is 29.6 Å². The van der Waals surface area contributed by atoms with Gasteiger partial charge in [0.15, 0.2) is 6.61 Å². The van der Waals surface area contributed by atoms with Crippen molar-refractivity contribution < 1.29 is 23.9 Å². The molecule has 0 N–H and O–H groups in total. The van der Waals surface area contributed by atoms with E-state index in [4.69, 9.17) is 9.47 Å². The fourth-order valence-electron chi connectivity index (χ4n) is 3.23. The van der Waals surface area contributed by atoms with Gasteiger partial charge in [-0.15, -0.1) is 11.3 Å². The fourth-order valence-corrected chi connectivity index (χ4v) is 3.91. The minimum atomic E-state index is -0.635. The van der Waals surface area contributed by atoms with Gasteiger partial charge in [-0.1, -0.05) is 18.2 Å². The number of hydrogen-bond acceptors (Lipinski definition) is 6. The lowest BCUT2D eigenvalue weighted by Crippen LogP contribution is -2.42. The Balaban J connectivity index is 1.50. The number of methoxy groups -OCH3 is 1. The van der Waals surface area contributed by atoms with E-state index in [0.717, 1.165) is 17.7 Å². The van der Waals surface area contributed by atoms with Crippen LogP contribution in [-0.4, -0.2) is 60.9 Å². The number of likely N-dealkylation sites (tertiary alicyclic amines) is 1. The van der Waals surface area contributed by atoms with E-state index in [9.17, 15) is 14.4 Å². The molecule has 0 aliphatic carbocycles. The Kier molecular flexibility index (Phi) is 6.87. The van der Waals surface area contributed by atoms with E-state index < -0.39 is 12.0 Å². The molecule has 0 spiro atoms. The number of nitrogens with zero attached hydrogens (tertiary/aromatic N) is 2. The van der Waals surface area contributed by atoms with Crippen LogP contribution in [-0.2, 0) is 20.9 Å². The van der Waals surface area contributed by atoms with Crippen molar-refractivity contribution in [2.24, 2.45) is 0 Å². The molecule has 1 fully saturated rings. The standard InChI is InChI=1S/C21H24N2O5S/c1-22(13-15-7-9-16(27-2)10-8-15)19(24)14-28-21(26)17-5-3-11-23(17)20(25)18-6-4-12-29-18/h4,6-10,12,17H,3,5,11,13-14H2,1-2H3/t17-/m0/s1. The molecule has 1 aromatic carbocycles. The maximum atomic E-state index is 12.6. The summed E-state index contributed by atoms with van der Waals surface area (Å²) in [5, 5.41) is 1.83. The highest BCUT2D eigenvalue weighted by atomic mass is 32.1. The molecule has 1 aromatic heterocycles. The smallest absolute Gasteiger partial charge is 0.329 e. The molecular weight excluding hydrogens is 392 g/mol. The van der Waals surface area contributed by atoms with Gasteiger partial charge in [0.1, 0.15) is 11.8 Å². The minimum Gasteiger partial charge on any atom is -0.497 e. The van der Waals surface area contributed by atoms with Crippen LogP contribution in [0.5, 0.6) is 5.75 Å². The highest BCUT2D eigenvalue weighted by Gasteiger charge is 2.36. The van der Waals surface area contributed by atoms with Gasteiger partial charge >= 0.3 is 5.97 Å². The molecule has 1 atom stereocenters. The number of likely N-dealkylation sites (N-methyl/N-ethyl adjacent to an activating group) is 1. The first-order valence-corrected chi connectivity index (χ1v) is 10.3. The zero-order valence-corrected chi connectivity index (χ0v) is 17.3. The lowest BCUT2D eigenvalue weighted by molar-refractivity contribution is -0.154. The summed E-state index contributed by atoms with van der Waals surface area (Å²) >= 11 is 1.34. The highest BCUT2D eigenvalue weighted by Crippen LogP contribution is 2.23. The average molecular weight is 416 g/mol. The molecule has 2 amide bonds. The maximum absolute atomic E-state index is 12.6. The van der Waals surface area contributed by atoms with Crippen molar-refractivity contribution >= 4 is 29.1 Å². The van der Waals surface area contributed by atoms with E-state index in [1.165, 1.54) is 16.2 Å². The van der Waals surface area contributed by atoms with Crippen molar-refractivity contribution in [3.05, 3.63) is 52.2 Å². The van der Waals surface area contributed by atoms with Crippen LogP contribution in [0.2, 0.25) is 0 Å². The molecule has 2 aromatic rings. The van der Waals surface area contributed by atoms with Crippen LogP contribution in [0.3, 0.4) is 0 Å². The summed E-state index contributed by atoms with van der Waals surface area (Å²) in [6, 6.07) is 10.3. The van der Waals surface area contributed by atoms with E-state index in [0.29, 0.717) is 24.4 Å². The van der Waals surface area contributed by atoms with E-state index in [2.05, 4.69) is 0 Å². The quantitative estimate of drug-likeness (QED) is 0.649. The predicted octanol–water partition coefficient (Wildman–Crippen LogP) is 2.56. The van der Waals surface area contributed by atoms with E-state index in [1.54, 1.807) is 31.2 Å². The molecule has 8 heteroatoms. The molecule has 1 saturated heterocycles. The normalized spacial score (nSPS) is 15.8. The number of carbonyl (C=O) groups is 3. The molecule has 0 radical (unpaired) electrons. The van der Waals surface area contributed by atoms with Crippen LogP contribution in [0, 0.1) is 0 Å². The number of ether oxygens (including phenoxy) is 2. The lowest BCUT2D eigenvalue weighted by atomic mass is 10.2. The van der Waals surface area contributed by atoms with Crippen LogP contribution in [0.4, 0.5) is 0 Å². The zero-order chi connectivity index (χ0) is 20.8. The number of benzene rings is 1. The number of carbonyl (C=O) groups excluding carboxylic acids is 3. The molecule has 1 aliphatic heterocycles. The second-order valence-corrected chi connectivity index (χ2v) is 7.79. The Labute approximate surface area is 173 Å². The zero-order valence-electron chi connectivity index (χ0n) is 16.5. The van der Waals surface area contributed by atoms with E-state index >= 15 is 0 Å². The Morgan fingerprint density at radius 3 is 2.62 bits per heavy atom. The van der Waals surface area contributed by atoms with Gasteiger partial charge in [-0.3, -0.25) is 9.59 Å². The van der Waals surface area contributed by atoms with Crippen LogP contribution in [0.25, 0.3) is 0 Å². The number of hydrogen-bond donors (Lipinski definition) is 0. The minimum absolute atomic E-state index is 0.164. The Bertz CT molecular complexity index is 850. The van der Waals surface area contributed by atoms with Gasteiger partial charge in [0.2, 0.25) is 0 Å². The van der Waals surface area contributed by atoms with Crippen molar-refractivity contribution in [2.45, 2.75) is 25.4 Å². The number of rotatable bonds is 7. The van der Waals surface area contributed by atoms with Crippen LogP contribution in [0.1, 0.15) is 28.1 Å². The van der Waals surface area contributed by atoms with Crippen molar-refractivity contribution in [3.8, 4) is 5.75 Å². The molecule has 0 saturated carbocycles. The van der Waals surface area contributed by atoms with Gasteiger partial charge in [0.05, 0.1) is 12.0 Å². The second-order valence-electron chi connectivity index (χ2n) is 6.84. The Morgan fingerprint density at radius 2 is 1.97 bits per heavy atom. The molecule has 29 heavy (non-hydrogen) atoms. The first-order chi connectivity index (χ1) is 14.0. The summed E-state index contributed by atoms with van der Waals surface area (Å²) in [6.45, 7) is 0.567. The van der Waals surface area contributed by atoms with Crippen molar-refractivity contribution in [2.75, 3.05) is 27.3 Å². The summed E-state index contributed by atoms with van der Waals surface area (Å²) in [5.41, 5.74) is 0.941. The third-order valence-corrected chi connectivity index (χ3v) is 5.72. The number of thiophene rings is 1. The molecular formula is C21H24N2O5S. The first-order valence-electron chi connectivity index (χ1n) is 9.37. The Hall–Kier alpha value is -2.87. The third-order valence-electron chi connectivity index (χ3n) is 4.86. The molecule has 2 heterocycles. The highest BCUT2D eigenvalue weighted by molar-refractivity contribution is 7.12. The fraction of sp³-hybridized carbons (Fsp3) is 0.381. The second kappa shape index (κ2) is 9.56. The monoisotopic (exact) mass is 416 g/mol. The van der Waals surface area contributed by atoms with Gasteiger partial charge in [0.25, 0.3) is 11.8 Å². The number of esters is 1. The van der Waals surface area contributed by atoms with Crippen LogP contribution < -0.4 is 4.74 Å². The molecule has 3 rings (SSSR count). The average Bonchev–Trinajstić information content (AvgIpc) is 3.44. The summed E-state index contributed by atoms with van der Waals surface area (Å²) in [4.78, 5) is 41.0. The summed E-state index contributed by atoms with van der Waals surface area (Å²) in [6.07, 6.45) is 1.29. The Morgan fingerprint density at radius 1 is 1.21 bits per heavy atom. The molecule has 0 bridgehead atoms. The first kappa shape index (κ1) is 20.9. The topological polar surface area (TPSA) is 76.2 Å². The lowest BCUT2D eigenvalue weighted by Gasteiger charge is -2.23. The summed E-state index contributed by atoms with van der Waals surface area (Å²) < 4.78 is 10.4. The molecule has 1 aliphatic rings. The molecule has 154 valence electrons. The van der Waals surface area contributed by atoms with Gasteiger partial charge < -0.3 is 19.3 Å². The largest absolute Gasteiger partial charge is 0.497 e. The predicted molar refractivity (Wildman–Crippen MR) is 109 cm³/mol. The van der Waals surface area contributed by atoms with E-state index in [-0.39, 0.29) is 18.4 Å². The van der Waals surface area contributed by atoms with Gasteiger partial charge in [-0.25, -0.2) is 4.79 Å². The van der Waals surface area contributed by atoms with Crippen LogP contribution in [0.15, 0.2) is 41.8 Å². The third kappa shape index (κ3) is 5.14. The van der Waals surface area contributed by atoms with Gasteiger partial charge in [-0.05, 0) is 42.0 Å². The molecule has 7 nitrogen and oxygen atoms in total. The SMILES string of the molecule is COc1ccc(CN(C)C(=O)COC(=O)[C@@H]2CCCN2C(=O)c2cccs2)cc1. The van der Waals surface area contributed by atoms with Gasteiger partial charge in [0, 0.05) is 20.1 Å². The van der Waals surface area contributed by atoms with Crippen LogP contribution >= 0.6 is 11.3 Å². The van der Waals surface area contributed by atoms with Crippen molar-refractivity contribution in [3.63, 3.8) is 0 Å². The summed E-state index contributed by atoms with van der Waals surface area (Å²) in [7, 11) is 3.25. The maximum Gasteiger partial charge on any atom is 0.329 e. The summed E-state index contributed by atoms with van der Waals surface area (Å²) in [5.74, 6) is -0.251. The van der Waals surface area contributed by atoms with Crippen molar-refractivity contribution in [1.29, 1.82) is 0 Å².